The van der Waals surface area contributed by atoms with Gasteiger partial charge < -0.3 is 20.5 Å². The topological polar surface area (TPSA) is 75.8 Å². The summed E-state index contributed by atoms with van der Waals surface area (Å²) in [6, 6.07) is 11.0. The number of amides is 1. The SMILES string of the molecule is NCC1CN(C(=O)c2ccc3ccccc3c2O)CCO1. The molecule has 21 heavy (non-hydrogen) atoms. The molecule has 3 rings (SSSR count). The fraction of sp³-hybridized carbons (Fsp3) is 0.312. The van der Waals surface area contributed by atoms with Crippen LogP contribution >= 0.6 is 0 Å². The molecule has 5 heteroatoms. The number of ether oxygens (including phenoxy) is 1. The van der Waals surface area contributed by atoms with Crippen molar-refractivity contribution in [3.8, 4) is 5.75 Å². The van der Waals surface area contributed by atoms with E-state index in [4.69, 9.17) is 10.5 Å². The summed E-state index contributed by atoms with van der Waals surface area (Å²) in [7, 11) is 0. The molecule has 5 nitrogen and oxygen atoms in total. The number of nitrogens with two attached hydrogens (primary N) is 1. The molecule has 3 N–H and O–H groups in total. The minimum atomic E-state index is -0.181. The predicted molar refractivity (Wildman–Crippen MR) is 80.3 cm³/mol. The average molecular weight is 286 g/mol. The van der Waals surface area contributed by atoms with E-state index in [1.165, 1.54) is 0 Å². The van der Waals surface area contributed by atoms with E-state index in [-0.39, 0.29) is 17.8 Å². The number of carbonyl (C=O) groups excluding carboxylic acids is 1. The van der Waals surface area contributed by atoms with E-state index in [1.54, 1.807) is 11.0 Å². The predicted octanol–water partition coefficient (Wildman–Crippen LogP) is 1.35. The maximum atomic E-state index is 12.6. The molecule has 1 aliphatic heterocycles. The molecule has 0 bridgehead atoms. The molecule has 1 fully saturated rings. The lowest BCUT2D eigenvalue weighted by atomic mass is 10.0. The number of hydrogen-bond donors (Lipinski definition) is 2. The summed E-state index contributed by atoms with van der Waals surface area (Å²) in [6.07, 6.45) is -0.134. The van der Waals surface area contributed by atoms with Gasteiger partial charge in [0.1, 0.15) is 5.75 Å². The third kappa shape index (κ3) is 2.57. The zero-order valence-electron chi connectivity index (χ0n) is 11.7. The quantitative estimate of drug-likeness (QED) is 0.873. The van der Waals surface area contributed by atoms with Gasteiger partial charge in [0.2, 0.25) is 0 Å². The summed E-state index contributed by atoms with van der Waals surface area (Å²) in [5.74, 6) is -0.145. The molecular weight excluding hydrogens is 268 g/mol. The van der Waals surface area contributed by atoms with Gasteiger partial charge in [-0.1, -0.05) is 30.3 Å². The fourth-order valence-corrected chi connectivity index (χ4v) is 2.64. The van der Waals surface area contributed by atoms with Crippen LogP contribution in [0, 0.1) is 0 Å². The number of fused-ring (bicyclic) bond motifs is 1. The lowest BCUT2D eigenvalue weighted by Crippen LogP contribution is -2.48. The van der Waals surface area contributed by atoms with Gasteiger partial charge in [-0.05, 0) is 11.5 Å². The first-order valence-electron chi connectivity index (χ1n) is 7.02. The Morgan fingerprint density at radius 1 is 1.33 bits per heavy atom. The molecule has 1 aliphatic rings. The number of benzene rings is 2. The number of rotatable bonds is 2. The van der Waals surface area contributed by atoms with E-state index >= 15 is 0 Å². The molecule has 0 aliphatic carbocycles. The normalized spacial score (nSPS) is 18.9. The molecule has 0 radical (unpaired) electrons. The summed E-state index contributed by atoms with van der Waals surface area (Å²) in [6.45, 7) is 1.83. The molecule has 1 saturated heterocycles. The van der Waals surface area contributed by atoms with Gasteiger partial charge in [0.15, 0.2) is 0 Å². The number of phenolic OH excluding ortho intramolecular Hbond substituents is 1. The monoisotopic (exact) mass is 286 g/mol. The zero-order valence-corrected chi connectivity index (χ0v) is 11.7. The molecule has 110 valence electrons. The first kappa shape index (κ1) is 13.9. The van der Waals surface area contributed by atoms with E-state index in [0.717, 1.165) is 5.39 Å². The molecule has 1 heterocycles. The molecule has 0 aromatic heterocycles. The Bertz CT molecular complexity index is 672. The second kappa shape index (κ2) is 5.71. The molecule has 2 aromatic carbocycles. The minimum absolute atomic E-state index is 0.0360. The van der Waals surface area contributed by atoms with E-state index in [0.29, 0.717) is 37.2 Å². The van der Waals surface area contributed by atoms with Crippen molar-refractivity contribution >= 4 is 16.7 Å². The van der Waals surface area contributed by atoms with Crippen molar-refractivity contribution in [2.24, 2.45) is 5.73 Å². The van der Waals surface area contributed by atoms with Crippen LogP contribution in [-0.4, -0.2) is 48.3 Å². The highest BCUT2D eigenvalue weighted by Gasteiger charge is 2.26. The highest BCUT2D eigenvalue weighted by Crippen LogP contribution is 2.29. The Balaban J connectivity index is 1.92. The number of hydrogen-bond acceptors (Lipinski definition) is 4. The number of nitrogens with zero attached hydrogens (tertiary/aromatic N) is 1. The Kier molecular flexibility index (Phi) is 3.77. The van der Waals surface area contributed by atoms with Crippen LogP contribution < -0.4 is 5.73 Å². The van der Waals surface area contributed by atoms with Crippen molar-refractivity contribution in [1.82, 2.24) is 4.90 Å². The van der Waals surface area contributed by atoms with E-state index in [1.807, 2.05) is 30.3 Å². The third-order valence-electron chi connectivity index (χ3n) is 3.82. The van der Waals surface area contributed by atoms with Crippen LogP contribution in [0.1, 0.15) is 10.4 Å². The Morgan fingerprint density at radius 2 is 2.14 bits per heavy atom. The molecule has 1 unspecified atom stereocenters. The average Bonchev–Trinajstić information content (AvgIpc) is 2.55. The van der Waals surface area contributed by atoms with E-state index < -0.39 is 0 Å². The molecule has 1 atom stereocenters. The number of carbonyl (C=O) groups is 1. The number of morpholine rings is 1. The maximum Gasteiger partial charge on any atom is 0.257 e. The lowest BCUT2D eigenvalue weighted by molar-refractivity contribution is -0.0168. The van der Waals surface area contributed by atoms with E-state index in [2.05, 4.69) is 0 Å². The first-order chi connectivity index (χ1) is 10.2. The van der Waals surface area contributed by atoms with Crippen LogP contribution in [0.25, 0.3) is 10.8 Å². The first-order valence-corrected chi connectivity index (χ1v) is 7.02. The van der Waals surface area contributed by atoms with Gasteiger partial charge in [0, 0.05) is 25.0 Å². The summed E-state index contributed by atoms with van der Waals surface area (Å²) in [5, 5.41) is 12.0. The van der Waals surface area contributed by atoms with Crippen molar-refractivity contribution in [1.29, 1.82) is 0 Å². The third-order valence-corrected chi connectivity index (χ3v) is 3.82. The van der Waals surface area contributed by atoms with Crippen molar-refractivity contribution in [2.45, 2.75) is 6.10 Å². The van der Waals surface area contributed by atoms with Gasteiger partial charge in [0.05, 0.1) is 18.3 Å². The van der Waals surface area contributed by atoms with Crippen LogP contribution in [0.5, 0.6) is 5.75 Å². The lowest BCUT2D eigenvalue weighted by Gasteiger charge is -2.32. The smallest absolute Gasteiger partial charge is 0.257 e. The van der Waals surface area contributed by atoms with E-state index in [9.17, 15) is 9.90 Å². The minimum Gasteiger partial charge on any atom is -0.506 e. The molecule has 0 spiro atoms. The largest absolute Gasteiger partial charge is 0.506 e. The highest BCUT2D eigenvalue weighted by molar-refractivity contribution is 6.03. The van der Waals surface area contributed by atoms with Crippen LogP contribution in [0.15, 0.2) is 36.4 Å². The van der Waals surface area contributed by atoms with Crippen LogP contribution in [-0.2, 0) is 4.74 Å². The second-order valence-electron chi connectivity index (χ2n) is 5.16. The summed E-state index contributed by atoms with van der Waals surface area (Å²) >= 11 is 0. The van der Waals surface area contributed by atoms with Crippen molar-refractivity contribution in [3.05, 3.63) is 42.0 Å². The summed E-state index contributed by atoms with van der Waals surface area (Å²) < 4.78 is 5.46. The second-order valence-corrected chi connectivity index (χ2v) is 5.16. The molecule has 0 saturated carbocycles. The number of phenols is 1. The molecule has 1 amide bonds. The molecule has 2 aromatic rings. The van der Waals surface area contributed by atoms with Gasteiger partial charge in [-0.15, -0.1) is 0 Å². The van der Waals surface area contributed by atoms with Gasteiger partial charge in [-0.25, -0.2) is 0 Å². The highest BCUT2D eigenvalue weighted by atomic mass is 16.5. The van der Waals surface area contributed by atoms with Crippen molar-refractivity contribution < 1.29 is 14.6 Å². The standard InChI is InChI=1S/C16H18N2O3/c17-9-12-10-18(7-8-21-12)16(20)14-6-5-11-3-1-2-4-13(11)15(14)19/h1-6,12,19H,7-10,17H2. The van der Waals surface area contributed by atoms with Crippen LogP contribution in [0.2, 0.25) is 0 Å². The summed E-state index contributed by atoms with van der Waals surface area (Å²) in [4.78, 5) is 14.3. The zero-order chi connectivity index (χ0) is 14.8. The Morgan fingerprint density at radius 3 is 2.95 bits per heavy atom. The Hall–Kier alpha value is -2.11. The van der Waals surface area contributed by atoms with Gasteiger partial charge in [0.25, 0.3) is 5.91 Å². The van der Waals surface area contributed by atoms with Crippen LogP contribution in [0.3, 0.4) is 0 Å². The fourth-order valence-electron chi connectivity index (χ4n) is 2.64. The van der Waals surface area contributed by atoms with Gasteiger partial charge >= 0.3 is 0 Å². The maximum absolute atomic E-state index is 12.6. The summed E-state index contributed by atoms with van der Waals surface area (Å²) in [5.41, 5.74) is 5.92. The van der Waals surface area contributed by atoms with Gasteiger partial charge in [-0.2, -0.15) is 0 Å². The van der Waals surface area contributed by atoms with Crippen LogP contribution in [0.4, 0.5) is 0 Å². The van der Waals surface area contributed by atoms with Gasteiger partial charge in [-0.3, -0.25) is 4.79 Å². The molecular formula is C16H18N2O3. The number of aromatic hydroxyl groups is 1. The van der Waals surface area contributed by atoms with Crippen molar-refractivity contribution in [3.63, 3.8) is 0 Å². The van der Waals surface area contributed by atoms with Crippen molar-refractivity contribution in [2.75, 3.05) is 26.2 Å². The Labute approximate surface area is 122 Å².